The summed E-state index contributed by atoms with van der Waals surface area (Å²) in [6.45, 7) is 4.88. The molecule has 3 heteroatoms. The fourth-order valence-electron chi connectivity index (χ4n) is 2.45. The van der Waals surface area contributed by atoms with Gasteiger partial charge in [-0.3, -0.25) is 4.89 Å². The lowest BCUT2D eigenvalue weighted by molar-refractivity contribution is -0.241. The smallest absolute Gasteiger partial charge is 0.293 e. The highest BCUT2D eigenvalue weighted by Gasteiger charge is 2.08. The summed E-state index contributed by atoms with van der Waals surface area (Å²) in [6.07, 6.45) is 11.9. The highest BCUT2D eigenvalue weighted by Crippen LogP contribution is 2.10. The molecule has 0 aliphatic heterocycles. The summed E-state index contributed by atoms with van der Waals surface area (Å²) in [7, 11) is 0. The van der Waals surface area contributed by atoms with E-state index >= 15 is 0 Å². The molecule has 1 aromatic rings. The van der Waals surface area contributed by atoms with E-state index in [2.05, 4.69) is 13.8 Å². The average molecular weight is 320 g/mol. The minimum absolute atomic E-state index is 0.407. The van der Waals surface area contributed by atoms with Crippen LogP contribution in [0.15, 0.2) is 24.3 Å². The number of aryl methyl sites for hydroxylation is 1. The van der Waals surface area contributed by atoms with Gasteiger partial charge in [0.05, 0.1) is 12.2 Å². The van der Waals surface area contributed by atoms with Gasteiger partial charge in [0.2, 0.25) is 0 Å². The maximum absolute atomic E-state index is 11.8. The Morgan fingerprint density at radius 1 is 0.826 bits per heavy atom. The maximum Gasteiger partial charge on any atom is 0.373 e. The van der Waals surface area contributed by atoms with Crippen LogP contribution in [0.25, 0.3) is 0 Å². The molecule has 0 radical (unpaired) electrons. The maximum atomic E-state index is 11.8. The van der Waals surface area contributed by atoms with E-state index in [-0.39, 0.29) is 0 Å². The predicted molar refractivity (Wildman–Crippen MR) is 94.4 cm³/mol. The first-order valence-electron chi connectivity index (χ1n) is 9.20. The summed E-state index contributed by atoms with van der Waals surface area (Å²) in [6, 6.07) is 7.60. The van der Waals surface area contributed by atoms with Crippen molar-refractivity contribution < 1.29 is 14.6 Å². The standard InChI is InChI=1S/C20H32O3/c1-3-5-7-8-9-10-11-17-22-23-20(21)19-15-13-18(14-16-19)12-6-4-2/h13-16H,3-12,17H2,1-2H3. The van der Waals surface area contributed by atoms with Gasteiger partial charge < -0.3 is 0 Å². The third-order valence-corrected chi connectivity index (χ3v) is 3.97. The van der Waals surface area contributed by atoms with Crippen LogP contribution in [0.4, 0.5) is 0 Å². The highest BCUT2D eigenvalue weighted by atomic mass is 17.2. The van der Waals surface area contributed by atoms with Gasteiger partial charge in [-0.2, -0.15) is 4.89 Å². The first-order chi connectivity index (χ1) is 11.3. The summed E-state index contributed by atoms with van der Waals surface area (Å²) >= 11 is 0. The predicted octanol–water partition coefficient (Wildman–Crippen LogP) is 5.87. The number of carbonyl (C=O) groups excluding carboxylic acids is 1. The van der Waals surface area contributed by atoms with Crippen LogP contribution in [0.5, 0.6) is 0 Å². The van der Waals surface area contributed by atoms with Crippen LogP contribution < -0.4 is 0 Å². The van der Waals surface area contributed by atoms with Crippen LogP contribution >= 0.6 is 0 Å². The Hall–Kier alpha value is -1.35. The Bertz CT molecular complexity index is 411. The fraction of sp³-hybridized carbons (Fsp3) is 0.650. The van der Waals surface area contributed by atoms with Crippen LogP contribution in [-0.2, 0) is 16.2 Å². The molecule has 0 aliphatic carbocycles. The highest BCUT2D eigenvalue weighted by molar-refractivity contribution is 5.88. The summed E-state index contributed by atoms with van der Waals surface area (Å²) in [5.41, 5.74) is 1.80. The van der Waals surface area contributed by atoms with Crippen LogP contribution in [0.2, 0.25) is 0 Å². The van der Waals surface area contributed by atoms with E-state index in [1.165, 1.54) is 50.5 Å². The molecule has 0 unspecified atom stereocenters. The number of rotatable bonds is 13. The Morgan fingerprint density at radius 3 is 2.09 bits per heavy atom. The molecule has 3 nitrogen and oxygen atoms in total. The molecule has 0 N–H and O–H groups in total. The van der Waals surface area contributed by atoms with Crippen molar-refractivity contribution in [2.24, 2.45) is 0 Å². The number of benzene rings is 1. The number of carbonyl (C=O) groups is 1. The second kappa shape index (κ2) is 13.1. The molecule has 0 spiro atoms. The molecule has 1 rings (SSSR count). The number of hydrogen-bond acceptors (Lipinski definition) is 3. The first-order valence-corrected chi connectivity index (χ1v) is 9.20. The Labute approximate surface area is 141 Å². The van der Waals surface area contributed by atoms with Gasteiger partial charge in [-0.1, -0.05) is 70.9 Å². The van der Waals surface area contributed by atoms with Gasteiger partial charge in [0, 0.05) is 0 Å². The minimum atomic E-state index is -0.407. The Kier molecular flexibility index (Phi) is 11.2. The minimum Gasteiger partial charge on any atom is -0.293 e. The second-order valence-electron chi connectivity index (χ2n) is 6.11. The SMILES string of the molecule is CCCCCCCCCOOC(=O)c1ccc(CCCC)cc1. The zero-order chi connectivity index (χ0) is 16.8. The average Bonchev–Trinajstić information content (AvgIpc) is 2.58. The second-order valence-corrected chi connectivity index (χ2v) is 6.11. The molecular weight excluding hydrogens is 288 g/mol. The van der Waals surface area contributed by atoms with Crippen molar-refractivity contribution in [3.8, 4) is 0 Å². The third kappa shape index (κ3) is 9.39. The molecule has 0 saturated heterocycles. The summed E-state index contributed by atoms with van der Waals surface area (Å²) < 4.78 is 0. The van der Waals surface area contributed by atoms with Crippen LogP contribution in [0, 0.1) is 0 Å². The van der Waals surface area contributed by atoms with Crippen molar-refractivity contribution in [1.29, 1.82) is 0 Å². The van der Waals surface area contributed by atoms with E-state index in [4.69, 9.17) is 9.78 Å². The Morgan fingerprint density at radius 2 is 1.43 bits per heavy atom. The van der Waals surface area contributed by atoms with Crippen LogP contribution in [-0.4, -0.2) is 12.6 Å². The van der Waals surface area contributed by atoms with E-state index in [9.17, 15) is 4.79 Å². The van der Waals surface area contributed by atoms with Crippen molar-refractivity contribution in [2.75, 3.05) is 6.61 Å². The van der Waals surface area contributed by atoms with Crippen molar-refractivity contribution in [3.05, 3.63) is 35.4 Å². The van der Waals surface area contributed by atoms with Gasteiger partial charge in [-0.25, -0.2) is 4.79 Å². The van der Waals surface area contributed by atoms with Crippen molar-refractivity contribution in [2.45, 2.75) is 78.1 Å². The summed E-state index contributed by atoms with van der Waals surface area (Å²) in [5.74, 6) is -0.407. The van der Waals surface area contributed by atoms with Gasteiger partial charge in [0.25, 0.3) is 0 Å². The monoisotopic (exact) mass is 320 g/mol. The fourth-order valence-corrected chi connectivity index (χ4v) is 2.45. The molecule has 0 fully saturated rings. The lowest BCUT2D eigenvalue weighted by Gasteiger charge is -2.05. The van der Waals surface area contributed by atoms with E-state index in [0.717, 1.165) is 19.3 Å². The molecule has 0 heterocycles. The molecule has 1 aromatic carbocycles. The molecule has 0 bridgehead atoms. The van der Waals surface area contributed by atoms with Crippen molar-refractivity contribution in [1.82, 2.24) is 0 Å². The molecule has 130 valence electrons. The van der Waals surface area contributed by atoms with E-state index in [1.54, 1.807) is 0 Å². The van der Waals surface area contributed by atoms with Gasteiger partial charge in [-0.05, 0) is 37.0 Å². The van der Waals surface area contributed by atoms with E-state index in [1.807, 2.05) is 24.3 Å². The molecule has 0 saturated carbocycles. The Balaban J connectivity index is 2.09. The topological polar surface area (TPSA) is 35.5 Å². The molecule has 0 atom stereocenters. The number of unbranched alkanes of at least 4 members (excludes halogenated alkanes) is 7. The summed E-state index contributed by atoms with van der Waals surface area (Å²) in [5, 5.41) is 0. The lowest BCUT2D eigenvalue weighted by Crippen LogP contribution is -2.07. The van der Waals surface area contributed by atoms with Crippen molar-refractivity contribution in [3.63, 3.8) is 0 Å². The molecular formula is C20H32O3. The van der Waals surface area contributed by atoms with Gasteiger partial charge >= 0.3 is 5.97 Å². The zero-order valence-corrected chi connectivity index (χ0v) is 14.8. The lowest BCUT2D eigenvalue weighted by atomic mass is 10.1. The largest absolute Gasteiger partial charge is 0.373 e. The molecule has 0 aromatic heterocycles. The van der Waals surface area contributed by atoms with Gasteiger partial charge in [0.15, 0.2) is 0 Å². The van der Waals surface area contributed by atoms with Crippen molar-refractivity contribution >= 4 is 5.97 Å². The van der Waals surface area contributed by atoms with E-state index < -0.39 is 5.97 Å². The van der Waals surface area contributed by atoms with Gasteiger partial charge in [0.1, 0.15) is 0 Å². The normalized spacial score (nSPS) is 10.7. The quantitative estimate of drug-likeness (QED) is 0.259. The number of hydrogen-bond donors (Lipinski definition) is 0. The van der Waals surface area contributed by atoms with Gasteiger partial charge in [-0.15, -0.1) is 0 Å². The molecule has 0 amide bonds. The molecule has 23 heavy (non-hydrogen) atoms. The molecule has 0 aliphatic rings. The van der Waals surface area contributed by atoms with E-state index in [0.29, 0.717) is 12.2 Å². The summed E-state index contributed by atoms with van der Waals surface area (Å²) in [4.78, 5) is 21.7. The first kappa shape index (κ1) is 19.7. The van der Waals surface area contributed by atoms with Crippen LogP contribution in [0.3, 0.4) is 0 Å². The zero-order valence-electron chi connectivity index (χ0n) is 14.8. The van der Waals surface area contributed by atoms with Crippen LogP contribution in [0.1, 0.15) is 87.6 Å². The third-order valence-electron chi connectivity index (χ3n) is 3.97.